The highest BCUT2D eigenvalue weighted by molar-refractivity contribution is 7.91. The Balaban J connectivity index is 2.92. The lowest BCUT2D eigenvalue weighted by atomic mass is 10.1. The van der Waals surface area contributed by atoms with E-state index in [1.807, 2.05) is 0 Å². The first kappa shape index (κ1) is 17.2. The normalized spacial score (nSPS) is 11.2. The van der Waals surface area contributed by atoms with Crippen molar-refractivity contribution >= 4 is 21.7 Å². The quantitative estimate of drug-likeness (QED) is 0.855. The van der Waals surface area contributed by atoms with Crippen molar-refractivity contribution in [2.24, 2.45) is 0 Å². The summed E-state index contributed by atoms with van der Waals surface area (Å²) >= 11 is 0. The Kier molecular flexibility index (Phi) is 5.48. The average Bonchev–Trinajstić information content (AvgIpc) is 2.37. The molecule has 0 aliphatic carbocycles. The predicted octanol–water partition coefficient (Wildman–Crippen LogP) is 1.34. The van der Waals surface area contributed by atoms with E-state index >= 15 is 0 Å². The molecule has 0 spiro atoms. The number of rotatable bonds is 6. The van der Waals surface area contributed by atoms with E-state index in [4.69, 9.17) is 5.11 Å². The lowest BCUT2D eigenvalue weighted by Crippen LogP contribution is -2.22. The SMILES string of the molecule is Cc1c(C(=O)O)cccc1S(=O)(=O)CCCC(=O)N(C)C. The Hall–Kier alpha value is -1.89. The van der Waals surface area contributed by atoms with Crippen molar-refractivity contribution in [1.82, 2.24) is 4.90 Å². The fraction of sp³-hybridized carbons (Fsp3) is 0.429. The number of hydrogen-bond acceptors (Lipinski definition) is 4. The molecule has 0 atom stereocenters. The standard InChI is InChI=1S/C14H19NO5S/c1-10-11(14(17)18)6-4-7-12(10)21(19,20)9-5-8-13(16)15(2)3/h4,6-7H,5,8-9H2,1-3H3,(H,17,18). The van der Waals surface area contributed by atoms with Crippen LogP contribution in [0.1, 0.15) is 28.8 Å². The van der Waals surface area contributed by atoms with Crippen molar-refractivity contribution in [1.29, 1.82) is 0 Å². The Morgan fingerprint density at radius 2 is 1.86 bits per heavy atom. The lowest BCUT2D eigenvalue weighted by molar-refractivity contribution is -0.128. The van der Waals surface area contributed by atoms with Gasteiger partial charge in [-0.1, -0.05) is 6.07 Å². The fourth-order valence-corrected chi connectivity index (χ4v) is 3.54. The van der Waals surface area contributed by atoms with Crippen molar-refractivity contribution in [3.05, 3.63) is 29.3 Å². The number of carboxylic acids is 1. The van der Waals surface area contributed by atoms with Gasteiger partial charge in [0.25, 0.3) is 0 Å². The third-order valence-corrected chi connectivity index (χ3v) is 5.09. The zero-order valence-electron chi connectivity index (χ0n) is 12.3. The summed E-state index contributed by atoms with van der Waals surface area (Å²) in [4.78, 5) is 23.9. The van der Waals surface area contributed by atoms with E-state index in [9.17, 15) is 18.0 Å². The second kappa shape index (κ2) is 6.71. The maximum Gasteiger partial charge on any atom is 0.335 e. The molecule has 0 aliphatic rings. The minimum atomic E-state index is -3.60. The Labute approximate surface area is 124 Å². The molecule has 0 saturated heterocycles. The topological polar surface area (TPSA) is 91.7 Å². The van der Waals surface area contributed by atoms with E-state index in [-0.39, 0.29) is 40.5 Å². The summed E-state index contributed by atoms with van der Waals surface area (Å²) in [5.41, 5.74) is 0.198. The maximum atomic E-state index is 12.3. The number of carboxylic acid groups (broad SMARTS) is 1. The first-order chi connectivity index (χ1) is 9.66. The zero-order valence-corrected chi connectivity index (χ0v) is 13.1. The molecular formula is C14H19NO5S. The van der Waals surface area contributed by atoms with E-state index in [0.717, 1.165) is 0 Å². The summed E-state index contributed by atoms with van der Waals surface area (Å²) in [6.45, 7) is 1.47. The van der Waals surface area contributed by atoms with Crippen LogP contribution in [0, 0.1) is 6.92 Å². The summed E-state index contributed by atoms with van der Waals surface area (Å²) in [6, 6.07) is 4.17. The molecule has 0 heterocycles. The van der Waals surface area contributed by atoms with Crippen LogP contribution in [-0.2, 0) is 14.6 Å². The van der Waals surface area contributed by atoms with E-state index in [1.54, 1.807) is 14.1 Å². The van der Waals surface area contributed by atoms with Crippen LogP contribution in [0.2, 0.25) is 0 Å². The average molecular weight is 313 g/mol. The summed E-state index contributed by atoms with van der Waals surface area (Å²) < 4.78 is 24.5. The van der Waals surface area contributed by atoms with Crippen molar-refractivity contribution in [2.75, 3.05) is 19.8 Å². The number of nitrogens with zero attached hydrogens (tertiary/aromatic N) is 1. The van der Waals surface area contributed by atoms with Gasteiger partial charge in [-0.2, -0.15) is 0 Å². The number of benzene rings is 1. The molecule has 0 aromatic heterocycles. The van der Waals surface area contributed by atoms with Crippen molar-refractivity contribution in [2.45, 2.75) is 24.7 Å². The smallest absolute Gasteiger partial charge is 0.335 e. The first-order valence-corrected chi connectivity index (χ1v) is 8.08. The van der Waals surface area contributed by atoms with Crippen LogP contribution in [0.3, 0.4) is 0 Å². The van der Waals surface area contributed by atoms with Crippen LogP contribution >= 0.6 is 0 Å². The number of carbonyl (C=O) groups is 2. The molecule has 0 unspecified atom stereocenters. The minimum absolute atomic E-state index is 0.0136. The molecule has 0 aliphatic heterocycles. The van der Waals surface area contributed by atoms with Crippen molar-refractivity contribution < 1.29 is 23.1 Å². The van der Waals surface area contributed by atoms with Gasteiger partial charge in [-0.15, -0.1) is 0 Å². The largest absolute Gasteiger partial charge is 0.478 e. The molecular weight excluding hydrogens is 294 g/mol. The van der Waals surface area contributed by atoms with Crippen LogP contribution in [0.25, 0.3) is 0 Å². The van der Waals surface area contributed by atoms with E-state index < -0.39 is 15.8 Å². The highest BCUT2D eigenvalue weighted by Crippen LogP contribution is 2.21. The van der Waals surface area contributed by atoms with Crippen molar-refractivity contribution in [3.63, 3.8) is 0 Å². The first-order valence-electron chi connectivity index (χ1n) is 6.42. The van der Waals surface area contributed by atoms with Gasteiger partial charge < -0.3 is 10.0 Å². The number of aromatic carboxylic acids is 1. The van der Waals surface area contributed by atoms with Gasteiger partial charge >= 0.3 is 5.97 Å². The monoisotopic (exact) mass is 313 g/mol. The number of hydrogen-bond donors (Lipinski definition) is 1. The Morgan fingerprint density at radius 3 is 2.38 bits per heavy atom. The van der Waals surface area contributed by atoms with E-state index in [0.29, 0.717) is 0 Å². The molecule has 1 aromatic rings. The van der Waals surface area contributed by atoms with Gasteiger partial charge in [-0.05, 0) is 31.0 Å². The third-order valence-electron chi connectivity index (χ3n) is 3.15. The second-order valence-electron chi connectivity index (χ2n) is 4.94. The van der Waals surface area contributed by atoms with E-state index in [2.05, 4.69) is 0 Å². The molecule has 0 fully saturated rings. The molecule has 1 N–H and O–H groups in total. The molecule has 0 bridgehead atoms. The third kappa shape index (κ3) is 4.29. The van der Waals surface area contributed by atoms with Crippen LogP contribution in [-0.4, -0.2) is 50.1 Å². The summed E-state index contributed by atoms with van der Waals surface area (Å²) in [7, 11) is -0.386. The predicted molar refractivity (Wildman–Crippen MR) is 78.1 cm³/mol. The highest BCUT2D eigenvalue weighted by Gasteiger charge is 2.21. The summed E-state index contributed by atoms with van der Waals surface area (Å²) in [5.74, 6) is -1.48. The van der Waals surface area contributed by atoms with Crippen LogP contribution in [0.5, 0.6) is 0 Å². The molecule has 21 heavy (non-hydrogen) atoms. The summed E-state index contributed by atoms with van der Waals surface area (Å²) in [5, 5.41) is 9.02. The van der Waals surface area contributed by atoms with Crippen LogP contribution < -0.4 is 0 Å². The molecule has 1 rings (SSSR count). The molecule has 7 heteroatoms. The van der Waals surface area contributed by atoms with Gasteiger partial charge in [-0.3, -0.25) is 4.79 Å². The zero-order chi connectivity index (χ0) is 16.2. The van der Waals surface area contributed by atoms with Crippen molar-refractivity contribution in [3.8, 4) is 0 Å². The van der Waals surface area contributed by atoms with Crippen LogP contribution in [0.4, 0.5) is 0 Å². The second-order valence-corrected chi connectivity index (χ2v) is 7.02. The Bertz CT molecular complexity index is 649. The van der Waals surface area contributed by atoms with Crippen LogP contribution in [0.15, 0.2) is 23.1 Å². The van der Waals surface area contributed by atoms with Gasteiger partial charge in [0.05, 0.1) is 16.2 Å². The molecule has 0 radical (unpaired) electrons. The number of sulfone groups is 1. The minimum Gasteiger partial charge on any atom is -0.478 e. The van der Waals surface area contributed by atoms with Gasteiger partial charge in [0.15, 0.2) is 9.84 Å². The van der Waals surface area contributed by atoms with Gasteiger partial charge in [0.1, 0.15) is 0 Å². The maximum absolute atomic E-state index is 12.3. The number of amides is 1. The highest BCUT2D eigenvalue weighted by atomic mass is 32.2. The Morgan fingerprint density at radius 1 is 1.24 bits per heavy atom. The fourth-order valence-electron chi connectivity index (χ4n) is 1.93. The molecule has 0 saturated carbocycles. The number of carbonyl (C=O) groups excluding carboxylic acids is 1. The van der Waals surface area contributed by atoms with Gasteiger partial charge in [0.2, 0.25) is 5.91 Å². The molecule has 1 amide bonds. The molecule has 1 aromatic carbocycles. The summed E-state index contributed by atoms with van der Waals surface area (Å²) in [6.07, 6.45) is 0.347. The van der Waals surface area contributed by atoms with Gasteiger partial charge in [0, 0.05) is 20.5 Å². The molecule has 116 valence electrons. The van der Waals surface area contributed by atoms with Gasteiger partial charge in [-0.25, -0.2) is 13.2 Å². The lowest BCUT2D eigenvalue weighted by Gasteiger charge is -2.11. The molecule has 6 nitrogen and oxygen atoms in total. The van der Waals surface area contributed by atoms with E-state index in [1.165, 1.54) is 30.0 Å².